The number of nitrogens with one attached hydrogen (secondary N) is 1. The Balaban J connectivity index is 1.79. The molecule has 1 aliphatic rings. The van der Waals surface area contributed by atoms with Crippen LogP contribution in [0.1, 0.15) is 52.0 Å². The number of rotatable bonds is 5. The summed E-state index contributed by atoms with van der Waals surface area (Å²) in [6.45, 7) is 8.28. The molecule has 2 N–H and O–H groups in total. The van der Waals surface area contributed by atoms with Crippen molar-refractivity contribution in [1.29, 1.82) is 0 Å². The van der Waals surface area contributed by atoms with Gasteiger partial charge in [0, 0.05) is 35.0 Å². The van der Waals surface area contributed by atoms with Crippen LogP contribution in [-0.2, 0) is 17.3 Å². The summed E-state index contributed by atoms with van der Waals surface area (Å²) in [5, 5.41) is 14.1. The lowest BCUT2D eigenvalue weighted by molar-refractivity contribution is -0.0239. The first-order valence-electron chi connectivity index (χ1n) is 8.55. The summed E-state index contributed by atoms with van der Waals surface area (Å²) in [5.74, 6) is 0.713. The van der Waals surface area contributed by atoms with Crippen LogP contribution in [0.15, 0.2) is 29.2 Å². The van der Waals surface area contributed by atoms with Crippen molar-refractivity contribution in [3.8, 4) is 0 Å². The lowest BCUT2D eigenvalue weighted by atomic mass is 9.68. The molecule has 1 aromatic rings. The van der Waals surface area contributed by atoms with Crippen LogP contribution in [0.2, 0.25) is 0 Å². The van der Waals surface area contributed by atoms with Crippen molar-refractivity contribution in [3.05, 3.63) is 29.8 Å². The highest BCUT2D eigenvalue weighted by Crippen LogP contribution is 2.41. The molecule has 0 amide bonds. The standard InChI is InChI=1S/C19H31NO2S/c1-18(2,3)16-9-11-19(21,12-10-16)14-20-13-15-5-7-17(8-6-15)23(4)22/h5-8,16,20-21H,9-14H2,1-4H3. The third kappa shape index (κ3) is 5.40. The van der Waals surface area contributed by atoms with Crippen molar-refractivity contribution in [2.45, 2.75) is 63.5 Å². The second kappa shape index (κ2) is 7.45. The highest BCUT2D eigenvalue weighted by atomic mass is 32.2. The van der Waals surface area contributed by atoms with E-state index >= 15 is 0 Å². The zero-order valence-corrected chi connectivity index (χ0v) is 15.7. The van der Waals surface area contributed by atoms with E-state index in [1.165, 1.54) is 0 Å². The molecule has 0 heterocycles. The Morgan fingerprint density at radius 2 is 1.78 bits per heavy atom. The summed E-state index contributed by atoms with van der Waals surface area (Å²) in [4.78, 5) is 0.855. The summed E-state index contributed by atoms with van der Waals surface area (Å²) < 4.78 is 11.4. The van der Waals surface area contributed by atoms with Gasteiger partial charge in [-0.15, -0.1) is 0 Å². The minimum absolute atomic E-state index is 0.343. The van der Waals surface area contributed by atoms with Gasteiger partial charge in [0.05, 0.1) is 5.60 Å². The van der Waals surface area contributed by atoms with E-state index in [0.29, 0.717) is 17.9 Å². The number of hydrogen-bond acceptors (Lipinski definition) is 3. The fourth-order valence-corrected chi connectivity index (χ4v) is 3.96. The van der Waals surface area contributed by atoms with E-state index in [0.717, 1.165) is 42.7 Å². The maximum Gasteiger partial charge on any atom is 0.0771 e. The average Bonchev–Trinajstić information content (AvgIpc) is 2.47. The third-order valence-electron chi connectivity index (χ3n) is 5.18. The van der Waals surface area contributed by atoms with E-state index in [4.69, 9.17) is 0 Å². The van der Waals surface area contributed by atoms with Crippen molar-refractivity contribution in [2.75, 3.05) is 12.8 Å². The monoisotopic (exact) mass is 337 g/mol. The quantitative estimate of drug-likeness (QED) is 0.865. The Bertz CT molecular complexity index is 525. The summed E-state index contributed by atoms with van der Waals surface area (Å²) >= 11 is 0. The molecule has 0 radical (unpaired) electrons. The van der Waals surface area contributed by atoms with E-state index < -0.39 is 16.4 Å². The lowest BCUT2D eigenvalue weighted by Crippen LogP contribution is -2.44. The number of aliphatic hydroxyl groups is 1. The van der Waals surface area contributed by atoms with Gasteiger partial charge in [-0.25, -0.2) is 0 Å². The normalized spacial score (nSPS) is 26.9. The van der Waals surface area contributed by atoms with Crippen molar-refractivity contribution < 1.29 is 9.32 Å². The van der Waals surface area contributed by atoms with E-state index in [1.807, 2.05) is 24.3 Å². The summed E-state index contributed by atoms with van der Waals surface area (Å²) in [7, 11) is -0.925. The molecule has 2 rings (SSSR count). The van der Waals surface area contributed by atoms with Gasteiger partial charge in [0.15, 0.2) is 0 Å². The molecule has 4 heteroatoms. The summed E-state index contributed by atoms with van der Waals surface area (Å²) in [6, 6.07) is 7.83. The minimum Gasteiger partial charge on any atom is -0.389 e. The lowest BCUT2D eigenvalue weighted by Gasteiger charge is -2.41. The molecule has 0 spiro atoms. The third-order valence-corrected chi connectivity index (χ3v) is 6.12. The van der Waals surface area contributed by atoms with Crippen molar-refractivity contribution in [3.63, 3.8) is 0 Å². The van der Waals surface area contributed by atoms with E-state index in [9.17, 15) is 9.32 Å². The predicted molar refractivity (Wildman–Crippen MR) is 96.8 cm³/mol. The SMILES string of the molecule is CS(=O)c1ccc(CNCC2(O)CCC(C(C)(C)C)CC2)cc1. The Morgan fingerprint density at radius 1 is 1.22 bits per heavy atom. The van der Waals surface area contributed by atoms with Crippen LogP contribution in [-0.4, -0.2) is 27.7 Å². The van der Waals surface area contributed by atoms with Crippen LogP contribution in [0.4, 0.5) is 0 Å². The summed E-state index contributed by atoms with van der Waals surface area (Å²) in [6.07, 6.45) is 5.68. The average molecular weight is 338 g/mol. The van der Waals surface area contributed by atoms with Crippen LogP contribution < -0.4 is 5.32 Å². The molecule has 1 saturated carbocycles. The fourth-order valence-electron chi connectivity index (χ4n) is 3.44. The Hall–Kier alpha value is -0.710. The van der Waals surface area contributed by atoms with Gasteiger partial charge in [-0.3, -0.25) is 4.21 Å². The van der Waals surface area contributed by atoms with Gasteiger partial charge in [-0.2, -0.15) is 0 Å². The highest BCUT2D eigenvalue weighted by Gasteiger charge is 2.36. The van der Waals surface area contributed by atoms with Crippen LogP contribution in [0, 0.1) is 11.3 Å². The molecular formula is C19H31NO2S. The molecule has 0 aliphatic heterocycles. The predicted octanol–water partition coefficient (Wildman–Crippen LogP) is 3.48. The first-order chi connectivity index (χ1) is 10.7. The number of benzene rings is 1. The second-order valence-electron chi connectivity index (χ2n) is 8.07. The van der Waals surface area contributed by atoms with Crippen molar-refractivity contribution in [1.82, 2.24) is 5.32 Å². The van der Waals surface area contributed by atoms with Crippen molar-refractivity contribution in [2.24, 2.45) is 11.3 Å². The molecular weight excluding hydrogens is 306 g/mol. The molecule has 1 atom stereocenters. The molecule has 1 fully saturated rings. The van der Waals surface area contributed by atoms with Gasteiger partial charge < -0.3 is 10.4 Å². The molecule has 130 valence electrons. The fraction of sp³-hybridized carbons (Fsp3) is 0.684. The Kier molecular flexibility index (Phi) is 6.04. The molecule has 0 saturated heterocycles. The van der Waals surface area contributed by atoms with Gasteiger partial charge in [-0.1, -0.05) is 32.9 Å². The van der Waals surface area contributed by atoms with E-state index in [1.54, 1.807) is 6.26 Å². The van der Waals surface area contributed by atoms with Gasteiger partial charge in [0.1, 0.15) is 0 Å². The smallest absolute Gasteiger partial charge is 0.0771 e. The molecule has 1 aromatic carbocycles. The number of hydrogen-bond donors (Lipinski definition) is 2. The summed E-state index contributed by atoms with van der Waals surface area (Å²) in [5.41, 5.74) is 0.939. The first kappa shape index (κ1) is 18.6. The zero-order chi connectivity index (χ0) is 17.1. The van der Waals surface area contributed by atoms with Gasteiger partial charge in [-0.05, 0) is 54.7 Å². The van der Waals surface area contributed by atoms with Crippen LogP contribution in [0.5, 0.6) is 0 Å². The van der Waals surface area contributed by atoms with E-state index in [-0.39, 0.29) is 0 Å². The van der Waals surface area contributed by atoms with Crippen LogP contribution in [0.3, 0.4) is 0 Å². The first-order valence-corrected chi connectivity index (χ1v) is 10.1. The minimum atomic E-state index is -0.925. The van der Waals surface area contributed by atoms with Gasteiger partial charge in [0.25, 0.3) is 0 Å². The molecule has 1 aliphatic carbocycles. The van der Waals surface area contributed by atoms with Crippen LogP contribution in [0.25, 0.3) is 0 Å². The molecule has 23 heavy (non-hydrogen) atoms. The second-order valence-corrected chi connectivity index (χ2v) is 9.45. The van der Waals surface area contributed by atoms with E-state index in [2.05, 4.69) is 26.1 Å². The topological polar surface area (TPSA) is 49.3 Å². The largest absolute Gasteiger partial charge is 0.389 e. The molecule has 0 bridgehead atoms. The van der Waals surface area contributed by atoms with Crippen molar-refractivity contribution >= 4 is 10.8 Å². The Labute approximate surface area is 143 Å². The molecule has 0 aromatic heterocycles. The van der Waals surface area contributed by atoms with Crippen LogP contribution >= 0.6 is 0 Å². The highest BCUT2D eigenvalue weighted by molar-refractivity contribution is 7.84. The maximum atomic E-state index is 11.4. The maximum absolute atomic E-state index is 11.4. The van der Waals surface area contributed by atoms with Gasteiger partial charge in [0.2, 0.25) is 0 Å². The zero-order valence-electron chi connectivity index (χ0n) is 14.9. The van der Waals surface area contributed by atoms with Gasteiger partial charge >= 0.3 is 0 Å². The Morgan fingerprint density at radius 3 is 2.26 bits per heavy atom. The molecule has 1 unspecified atom stereocenters. The molecule has 3 nitrogen and oxygen atoms in total.